The SMILES string of the molecule is CC(C)n1cc([C@@H](C)N[C@H](c2ccc(F)cc2)c2nccn2C)cn1. The van der Waals surface area contributed by atoms with Crippen molar-refractivity contribution in [3.8, 4) is 0 Å². The number of imidazole rings is 1. The summed E-state index contributed by atoms with van der Waals surface area (Å²) in [6, 6.07) is 6.81. The smallest absolute Gasteiger partial charge is 0.130 e. The summed E-state index contributed by atoms with van der Waals surface area (Å²) >= 11 is 0. The number of hydrogen-bond acceptors (Lipinski definition) is 3. The van der Waals surface area contributed by atoms with Crippen molar-refractivity contribution >= 4 is 0 Å². The Hall–Kier alpha value is -2.47. The van der Waals surface area contributed by atoms with E-state index in [-0.39, 0.29) is 17.9 Å². The van der Waals surface area contributed by atoms with Gasteiger partial charge in [-0.3, -0.25) is 10.00 Å². The maximum atomic E-state index is 13.3. The lowest BCUT2D eigenvalue weighted by Crippen LogP contribution is -2.27. The number of nitrogens with one attached hydrogen (secondary N) is 1. The van der Waals surface area contributed by atoms with E-state index < -0.39 is 0 Å². The number of halogens is 1. The minimum Gasteiger partial charge on any atom is -0.336 e. The normalized spacial score (nSPS) is 14.0. The van der Waals surface area contributed by atoms with Crippen LogP contribution in [0.15, 0.2) is 49.1 Å². The summed E-state index contributed by atoms with van der Waals surface area (Å²) in [5.41, 5.74) is 2.08. The summed E-state index contributed by atoms with van der Waals surface area (Å²) in [6.45, 7) is 6.30. The highest BCUT2D eigenvalue weighted by Gasteiger charge is 2.22. The maximum absolute atomic E-state index is 13.3. The van der Waals surface area contributed by atoms with E-state index >= 15 is 0 Å². The fraction of sp³-hybridized carbons (Fsp3) is 0.368. The van der Waals surface area contributed by atoms with E-state index in [0.29, 0.717) is 6.04 Å². The molecule has 0 fully saturated rings. The Morgan fingerprint density at radius 2 is 1.80 bits per heavy atom. The zero-order chi connectivity index (χ0) is 18.0. The molecule has 0 unspecified atom stereocenters. The molecule has 0 saturated carbocycles. The van der Waals surface area contributed by atoms with Gasteiger partial charge in [0, 0.05) is 43.3 Å². The number of aromatic nitrogens is 4. The number of aryl methyl sites for hydroxylation is 1. The molecular weight excluding hydrogens is 317 g/mol. The van der Waals surface area contributed by atoms with E-state index in [9.17, 15) is 4.39 Å². The molecule has 2 heterocycles. The Morgan fingerprint density at radius 3 is 2.36 bits per heavy atom. The lowest BCUT2D eigenvalue weighted by molar-refractivity contribution is 0.486. The predicted molar refractivity (Wildman–Crippen MR) is 95.6 cm³/mol. The fourth-order valence-corrected chi connectivity index (χ4v) is 2.84. The maximum Gasteiger partial charge on any atom is 0.130 e. The van der Waals surface area contributed by atoms with E-state index in [0.717, 1.165) is 17.0 Å². The van der Waals surface area contributed by atoms with Crippen LogP contribution in [0, 0.1) is 5.82 Å². The third kappa shape index (κ3) is 3.79. The largest absolute Gasteiger partial charge is 0.336 e. The lowest BCUT2D eigenvalue weighted by Gasteiger charge is -2.23. The van der Waals surface area contributed by atoms with Gasteiger partial charge in [0.1, 0.15) is 11.6 Å². The summed E-state index contributed by atoms with van der Waals surface area (Å²) in [5.74, 6) is 0.642. The van der Waals surface area contributed by atoms with E-state index in [4.69, 9.17) is 0 Å². The van der Waals surface area contributed by atoms with Crippen molar-refractivity contribution in [3.05, 3.63) is 71.8 Å². The molecule has 0 saturated heterocycles. The molecule has 1 N–H and O–H groups in total. The molecule has 0 aliphatic heterocycles. The van der Waals surface area contributed by atoms with Gasteiger partial charge in [0.25, 0.3) is 0 Å². The molecule has 132 valence electrons. The quantitative estimate of drug-likeness (QED) is 0.742. The zero-order valence-corrected chi connectivity index (χ0v) is 15.0. The van der Waals surface area contributed by atoms with Crippen molar-refractivity contribution in [2.45, 2.75) is 38.9 Å². The Bertz CT molecular complexity index is 818. The van der Waals surface area contributed by atoms with Gasteiger partial charge in [-0.05, 0) is 38.5 Å². The Labute approximate surface area is 147 Å². The van der Waals surface area contributed by atoms with Gasteiger partial charge < -0.3 is 4.57 Å². The highest BCUT2D eigenvalue weighted by molar-refractivity contribution is 5.27. The molecular formula is C19H24FN5. The van der Waals surface area contributed by atoms with Gasteiger partial charge in [0.2, 0.25) is 0 Å². The molecule has 0 bridgehead atoms. The van der Waals surface area contributed by atoms with Crippen molar-refractivity contribution in [2.24, 2.45) is 7.05 Å². The second-order valence-corrected chi connectivity index (χ2v) is 6.62. The summed E-state index contributed by atoms with van der Waals surface area (Å²) in [5, 5.41) is 8.02. The average Bonchev–Trinajstić information content (AvgIpc) is 3.23. The summed E-state index contributed by atoms with van der Waals surface area (Å²) in [7, 11) is 1.96. The summed E-state index contributed by atoms with van der Waals surface area (Å²) in [6.07, 6.45) is 7.63. The average molecular weight is 341 g/mol. The Balaban J connectivity index is 1.89. The van der Waals surface area contributed by atoms with Gasteiger partial charge in [-0.2, -0.15) is 5.10 Å². The predicted octanol–water partition coefficient (Wildman–Crippen LogP) is 3.78. The van der Waals surface area contributed by atoms with Crippen LogP contribution < -0.4 is 5.32 Å². The minimum atomic E-state index is -0.242. The van der Waals surface area contributed by atoms with Crippen molar-refractivity contribution < 1.29 is 4.39 Å². The first kappa shape index (κ1) is 17.4. The molecule has 0 aliphatic rings. The molecule has 0 spiro atoms. The molecule has 0 amide bonds. The second kappa shape index (κ2) is 7.19. The molecule has 3 rings (SSSR count). The zero-order valence-electron chi connectivity index (χ0n) is 15.0. The van der Waals surface area contributed by atoms with Crippen molar-refractivity contribution in [1.29, 1.82) is 0 Å². The molecule has 0 radical (unpaired) electrons. The van der Waals surface area contributed by atoms with Crippen molar-refractivity contribution in [3.63, 3.8) is 0 Å². The molecule has 2 atom stereocenters. The highest BCUT2D eigenvalue weighted by Crippen LogP contribution is 2.25. The number of rotatable bonds is 6. The molecule has 5 nitrogen and oxygen atoms in total. The minimum absolute atomic E-state index is 0.0688. The first-order chi connectivity index (χ1) is 12.0. The Kier molecular flexibility index (Phi) is 4.99. The van der Waals surface area contributed by atoms with Gasteiger partial charge in [-0.1, -0.05) is 12.1 Å². The van der Waals surface area contributed by atoms with Crippen LogP contribution in [0.1, 0.15) is 55.8 Å². The topological polar surface area (TPSA) is 47.7 Å². The van der Waals surface area contributed by atoms with Crippen LogP contribution >= 0.6 is 0 Å². The second-order valence-electron chi connectivity index (χ2n) is 6.62. The summed E-state index contributed by atoms with van der Waals surface area (Å²) in [4.78, 5) is 4.48. The van der Waals surface area contributed by atoms with Crippen molar-refractivity contribution in [2.75, 3.05) is 0 Å². The third-order valence-electron chi connectivity index (χ3n) is 4.39. The van der Waals surface area contributed by atoms with E-state index in [2.05, 4.69) is 42.4 Å². The highest BCUT2D eigenvalue weighted by atomic mass is 19.1. The molecule has 3 aromatic rings. The van der Waals surface area contributed by atoms with Crippen LogP contribution in [-0.4, -0.2) is 19.3 Å². The summed E-state index contributed by atoms with van der Waals surface area (Å²) < 4.78 is 17.2. The first-order valence-electron chi connectivity index (χ1n) is 8.48. The van der Waals surface area contributed by atoms with Crippen molar-refractivity contribution in [1.82, 2.24) is 24.6 Å². The van der Waals surface area contributed by atoms with Crippen LogP contribution in [0.3, 0.4) is 0 Å². The Morgan fingerprint density at radius 1 is 1.08 bits per heavy atom. The van der Waals surface area contributed by atoms with Crippen LogP contribution in [0.2, 0.25) is 0 Å². The van der Waals surface area contributed by atoms with Crippen LogP contribution in [0.5, 0.6) is 0 Å². The van der Waals surface area contributed by atoms with Crippen LogP contribution in [-0.2, 0) is 7.05 Å². The number of benzene rings is 1. The first-order valence-corrected chi connectivity index (χ1v) is 8.48. The molecule has 1 aromatic carbocycles. The van der Waals surface area contributed by atoms with E-state index in [1.54, 1.807) is 18.3 Å². The van der Waals surface area contributed by atoms with Gasteiger partial charge in [0.05, 0.1) is 12.2 Å². The number of hydrogen-bond donors (Lipinski definition) is 1. The van der Waals surface area contributed by atoms with Gasteiger partial charge >= 0.3 is 0 Å². The van der Waals surface area contributed by atoms with Crippen LogP contribution in [0.25, 0.3) is 0 Å². The van der Waals surface area contributed by atoms with E-state index in [1.807, 2.05) is 28.7 Å². The van der Waals surface area contributed by atoms with Crippen LogP contribution in [0.4, 0.5) is 4.39 Å². The molecule has 25 heavy (non-hydrogen) atoms. The van der Waals surface area contributed by atoms with Gasteiger partial charge in [0.15, 0.2) is 0 Å². The standard InChI is InChI=1S/C19H24FN5/c1-13(2)25-12-16(11-22-25)14(3)23-18(19-21-9-10-24(19)4)15-5-7-17(20)8-6-15/h5-14,18,23H,1-4H3/t14-,18-/m1/s1. The molecule has 0 aliphatic carbocycles. The lowest BCUT2D eigenvalue weighted by atomic mass is 10.0. The monoisotopic (exact) mass is 341 g/mol. The van der Waals surface area contributed by atoms with E-state index in [1.165, 1.54) is 12.1 Å². The molecule has 2 aromatic heterocycles. The molecule has 6 heteroatoms. The third-order valence-corrected chi connectivity index (χ3v) is 4.39. The number of nitrogens with zero attached hydrogens (tertiary/aromatic N) is 4. The van der Waals surface area contributed by atoms with Gasteiger partial charge in [-0.25, -0.2) is 9.37 Å². The fourth-order valence-electron chi connectivity index (χ4n) is 2.84. The van der Waals surface area contributed by atoms with Gasteiger partial charge in [-0.15, -0.1) is 0 Å².